The standard InChI is InChI=1S/C24H30FN7O4/c1-13(2)27-23(35)18-11-19(30(3)29-18)28-20(33)10-15(22(26)34)21-14-6-4-7-17(25)16(14)12-31-8-5-9-32(31)24(21)36/h4,6-7,11,13,15,21H,5,8-10,12H2,1-3H3,(H2,26,34)(H,27,35)(H,28,33)/t15?,21-/m1/s1. The molecule has 0 radical (unpaired) electrons. The van der Waals surface area contributed by atoms with Gasteiger partial charge >= 0.3 is 0 Å². The molecule has 12 heteroatoms. The van der Waals surface area contributed by atoms with Gasteiger partial charge in [-0.25, -0.2) is 9.40 Å². The molecule has 4 amide bonds. The van der Waals surface area contributed by atoms with Crippen LogP contribution in [-0.2, 0) is 28.0 Å². The highest BCUT2D eigenvalue weighted by Crippen LogP contribution is 2.38. The first kappa shape index (κ1) is 25.3. The number of carbonyl (C=O) groups is 4. The van der Waals surface area contributed by atoms with Crippen molar-refractivity contribution in [3.63, 3.8) is 0 Å². The molecule has 192 valence electrons. The summed E-state index contributed by atoms with van der Waals surface area (Å²) < 4.78 is 16.2. The largest absolute Gasteiger partial charge is 0.369 e. The Morgan fingerprint density at radius 3 is 2.69 bits per heavy atom. The van der Waals surface area contributed by atoms with E-state index in [2.05, 4.69) is 15.7 Å². The Hall–Kier alpha value is -3.80. The number of hydrogen-bond acceptors (Lipinski definition) is 6. The maximum Gasteiger partial charge on any atom is 0.272 e. The molecular formula is C24H30FN7O4. The van der Waals surface area contributed by atoms with Gasteiger partial charge < -0.3 is 16.4 Å². The van der Waals surface area contributed by atoms with Crippen LogP contribution in [0.15, 0.2) is 24.3 Å². The van der Waals surface area contributed by atoms with Crippen molar-refractivity contribution in [3.05, 3.63) is 46.9 Å². The van der Waals surface area contributed by atoms with Gasteiger partial charge in [0, 0.05) is 50.8 Å². The number of primary amides is 1. The number of aryl methyl sites for hydroxylation is 1. The summed E-state index contributed by atoms with van der Waals surface area (Å²) in [5.41, 5.74) is 6.50. The summed E-state index contributed by atoms with van der Waals surface area (Å²) in [5, 5.41) is 12.8. The number of hydrazine groups is 1. The van der Waals surface area contributed by atoms with Crippen LogP contribution in [0.3, 0.4) is 0 Å². The molecule has 2 aliphatic heterocycles. The zero-order chi connectivity index (χ0) is 26.1. The monoisotopic (exact) mass is 499 g/mol. The summed E-state index contributed by atoms with van der Waals surface area (Å²) >= 11 is 0. The van der Waals surface area contributed by atoms with Gasteiger partial charge in [-0.1, -0.05) is 12.1 Å². The molecule has 0 bridgehead atoms. The molecule has 4 N–H and O–H groups in total. The fourth-order valence-corrected chi connectivity index (χ4v) is 4.79. The van der Waals surface area contributed by atoms with E-state index in [0.717, 1.165) is 6.42 Å². The molecule has 1 saturated heterocycles. The van der Waals surface area contributed by atoms with Crippen molar-refractivity contribution < 1.29 is 23.6 Å². The van der Waals surface area contributed by atoms with E-state index in [1.165, 1.54) is 27.9 Å². The Labute approximate surface area is 207 Å². The average molecular weight is 500 g/mol. The number of rotatable bonds is 7. The van der Waals surface area contributed by atoms with Gasteiger partial charge in [0.1, 0.15) is 11.6 Å². The van der Waals surface area contributed by atoms with Crippen LogP contribution in [0.5, 0.6) is 0 Å². The van der Waals surface area contributed by atoms with Gasteiger partial charge in [-0.15, -0.1) is 0 Å². The first-order valence-corrected chi connectivity index (χ1v) is 11.8. The summed E-state index contributed by atoms with van der Waals surface area (Å²) in [6.07, 6.45) is 0.311. The van der Waals surface area contributed by atoms with Crippen molar-refractivity contribution in [2.75, 3.05) is 18.4 Å². The number of hydrogen-bond donors (Lipinski definition) is 3. The molecule has 4 rings (SSSR count). The van der Waals surface area contributed by atoms with Crippen molar-refractivity contribution >= 4 is 29.4 Å². The number of nitrogens with two attached hydrogens (primary N) is 1. The normalized spacial score (nSPS) is 18.4. The fraction of sp³-hybridized carbons (Fsp3) is 0.458. The molecule has 36 heavy (non-hydrogen) atoms. The number of halogens is 1. The summed E-state index contributed by atoms with van der Waals surface area (Å²) in [6.45, 7) is 4.85. The first-order valence-electron chi connectivity index (χ1n) is 11.8. The molecule has 11 nitrogen and oxygen atoms in total. The highest BCUT2D eigenvalue weighted by molar-refractivity contribution is 5.98. The Bertz CT molecular complexity index is 1210. The lowest BCUT2D eigenvalue weighted by atomic mass is 9.80. The van der Waals surface area contributed by atoms with Crippen LogP contribution in [-0.4, -0.2) is 62.6 Å². The number of carbonyl (C=O) groups excluding carboxylic acids is 4. The Morgan fingerprint density at radius 1 is 1.25 bits per heavy atom. The minimum Gasteiger partial charge on any atom is -0.369 e. The van der Waals surface area contributed by atoms with E-state index in [9.17, 15) is 23.6 Å². The number of aromatic nitrogens is 2. The number of fused-ring (bicyclic) bond motifs is 2. The third-order valence-corrected chi connectivity index (χ3v) is 6.45. The lowest BCUT2D eigenvalue weighted by molar-refractivity contribution is -0.148. The number of benzene rings is 1. The Balaban J connectivity index is 1.60. The molecule has 2 aliphatic rings. The van der Waals surface area contributed by atoms with Crippen LogP contribution in [0.25, 0.3) is 0 Å². The van der Waals surface area contributed by atoms with Gasteiger partial charge in [0.25, 0.3) is 5.91 Å². The average Bonchev–Trinajstić information content (AvgIpc) is 3.38. The number of nitrogens with one attached hydrogen (secondary N) is 2. The van der Waals surface area contributed by atoms with Gasteiger partial charge in [0.2, 0.25) is 17.7 Å². The Morgan fingerprint density at radius 2 is 2.00 bits per heavy atom. The van der Waals surface area contributed by atoms with E-state index in [1.54, 1.807) is 18.1 Å². The summed E-state index contributed by atoms with van der Waals surface area (Å²) in [5.74, 6) is -4.78. The predicted molar refractivity (Wildman–Crippen MR) is 128 cm³/mol. The second kappa shape index (κ2) is 10.1. The summed E-state index contributed by atoms with van der Waals surface area (Å²) in [6, 6.07) is 5.73. The van der Waals surface area contributed by atoms with Gasteiger partial charge in [-0.05, 0) is 31.9 Å². The van der Waals surface area contributed by atoms with Crippen molar-refractivity contribution in [3.8, 4) is 0 Å². The molecular weight excluding hydrogens is 469 g/mol. The second-order valence-electron chi connectivity index (χ2n) is 9.42. The SMILES string of the molecule is CC(C)NC(=O)c1cc(NC(=O)CC(C(N)=O)[C@@H]2C(=O)N3CCCN3Cc3c(F)cccc32)n(C)n1. The fourth-order valence-electron chi connectivity index (χ4n) is 4.79. The van der Waals surface area contributed by atoms with Crippen LogP contribution < -0.4 is 16.4 Å². The Kier molecular flexibility index (Phi) is 7.07. The molecule has 2 aromatic rings. The lowest BCUT2D eigenvalue weighted by Crippen LogP contribution is -2.45. The molecule has 1 aromatic heterocycles. The predicted octanol–water partition coefficient (Wildman–Crippen LogP) is 0.874. The smallest absolute Gasteiger partial charge is 0.272 e. The molecule has 2 atom stereocenters. The van der Waals surface area contributed by atoms with Crippen LogP contribution in [0.4, 0.5) is 10.2 Å². The minimum absolute atomic E-state index is 0.0924. The number of amides is 4. The highest BCUT2D eigenvalue weighted by Gasteiger charge is 2.44. The summed E-state index contributed by atoms with van der Waals surface area (Å²) in [7, 11) is 1.56. The zero-order valence-electron chi connectivity index (χ0n) is 20.5. The van der Waals surface area contributed by atoms with E-state index in [4.69, 9.17) is 5.73 Å². The summed E-state index contributed by atoms with van der Waals surface area (Å²) in [4.78, 5) is 51.4. The highest BCUT2D eigenvalue weighted by atomic mass is 19.1. The minimum atomic E-state index is -1.21. The molecule has 1 aromatic carbocycles. The molecule has 0 spiro atoms. The van der Waals surface area contributed by atoms with Crippen molar-refractivity contribution in [2.24, 2.45) is 18.7 Å². The van der Waals surface area contributed by atoms with Gasteiger partial charge in [0.05, 0.1) is 11.8 Å². The van der Waals surface area contributed by atoms with Gasteiger partial charge in [-0.2, -0.15) is 5.10 Å². The zero-order valence-corrected chi connectivity index (χ0v) is 20.5. The molecule has 0 saturated carbocycles. The van der Waals surface area contributed by atoms with E-state index >= 15 is 0 Å². The van der Waals surface area contributed by atoms with Crippen LogP contribution >= 0.6 is 0 Å². The molecule has 3 heterocycles. The quantitative estimate of drug-likeness (QED) is 0.516. The van der Waals surface area contributed by atoms with Crippen molar-refractivity contribution in [1.82, 2.24) is 25.1 Å². The van der Waals surface area contributed by atoms with Gasteiger partial charge in [-0.3, -0.25) is 28.9 Å². The van der Waals surface area contributed by atoms with Crippen LogP contribution in [0.2, 0.25) is 0 Å². The maximum atomic E-state index is 14.8. The van der Waals surface area contributed by atoms with Gasteiger partial charge in [0.15, 0.2) is 5.69 Å². The molecule has 1 fully saturated rings. The second-order valence-corrected chi connectivity index (χ2v) is 9.42. The maximum absolute atomic E-state index is 14.8. The first-order chi connectivity index (χ1) is 17.1. The molecule has 1 unspecified atom stereocenters. The van der Waals surface area contributed by atoms with E-state index in [0.29, 0.717) is 24.2 Å². The van der Waals surface area contributed by atoms with E-state index in [-0.39, 0.29) is 30.0 Å². The lowest BCUT2D eigenvalue weighted by Gasteiger charge is -2.29. The van der Waals surface area contributed by atoms with Crippen molar-refractivity contribution in [1.29, 1.82) is 0 Å². The van der Waals surface area contributed by atoms with Crippen LogP contribution in [0.1, 0.15) is 54.2 Å². The third kappa shape index (κ3) is 4.94. The van der Waals surface area contributed by atoms with Crippen molar-refractivity contribution in [2.45, 2.75) is 45.2 Å². The third-order valence-electron chi connectivity index (χ3n) is 6.45. The van der Waals surface area contributed by atoms with E-state index in [1.807, 2.05) is 13.8 Å². The molecule has 0 aliphatic carbocycles. The van der Waals surface area contributed by atoms with E-state index < -0.39 is 41.8 Å². The number of nitrogens with zero attached hydrogens (tertiary/aromatic N) is 4. The van der Waals surface area contributed by atoms with Crippen LogP contribution in [0, 0.1) is 11.7 Å². The number of anilines is 1. The topological polar surface area (TPSA) is 143 Å².